The molecular weight excluding hydrogens is 388 g/mol. The second-order valence-corrected chi connectivity index (χ2v) is 7.39. The standard InChI is InChI=1S/C17H21ClN6O2S/c1-17(2,3)16(26)22-12-7-6-10(27-5)14(21-12)20-9-8-11(18)23-24-13(9)15(25)19-4/h6-8H,1-5H3,(H,19,25)(H2,20,21,22,23,26)/i4D3,5D3. The van der Waals surface area contributed by atoms with E-state index in [0.29, 0.717) is 11.8 Å². The predicted octanol–water partition coefficient (Wildman–Crippen LogP) is 3.33. The van der Waals surface area contributed by atoms with Crippen LogP contribution >= 0.6 is 23.4 Å². The lowest BCUT2D eigenvalue weighted by atomic mass is 9.96. The highest BCUT2D eigenvalue weighted by atomic mass is 35.5. The summed E-state index contributed by atoms with van der Waals surface area (Å²) in [6.07, 6.45) is -2.43. The van der Waals surface area contributed by atoms with Gasteiger partial charge in [0, 0.05) is 31.6 Å². The molecule has 10 heteroatoms. The van der Waals surface area contributed by atoms with Gasteiger partial charge in [0.15, 0.2) is 10.8 Å². The maximum atomic E-state index is 12.4. The van der Waals surface area contributed by atoms with Crippen molar-refractivity contribution in [3.05, 3.63) is 29.0 Å². The Morgan fingerprint density at radius 2 is 2.04 bits per heavy atom. The number of nitrogens with one attached hydrogen (secondary N) is 3. The summed E-state index contributed by atoms with van der Waals surface area (Å²) in [5.74, 6) is -1.31. The highest BCUT2D eigenvalue weighted by molar-refractivity contribution is 7.98. The molecule has 3 N–H and O–H groups in total. The highest BCUT2D eigenvalue weighted by Gasteiger charge is 2.22. The average Bonchev–Trinajstić information content (AvgIpc) is 2.60. The van der Waals surface area contributed by atoms with Crippen molar-refractivity contribution in [3.63, 3.8) is 0 Å². The minimum Gasteiger partial charge on any atom is -0.354 e. The molecule has 0 radical (unpaired) electrons. The second-order valence-electron chi connectivity index (χ2n) is 6.36. The molecular formula is C17H21ClN6O2S. The van der Waals surface area contributed by atoms with Crippen molar-refractivity contribution in [2.45, 2.75) is 25.7 Å². The van der Waals surface area contributed by atoms with E-state index >= 15 is 0 Å². The Morgan fingerprint density at radius 3 is 2.70 bits per heavy atom. The molecule has 0 aromatic carbocycles. The number of hydrogen-bond acceptors (Lipinski definition) is 7. The second kappa shape index (κ2) is 8.53. The van der Waals surface area contributed by atoms with Gasteiger partial charge in [0.25, 0.3) is 5.91 Å². The Hall–Kier alpha value is -2.39. The van der Waals surface area contributed by atoms with Crippen LogP contribution in [-0.2, 0) is 4.79 Å². The Morgan fingerprint density at radius 1 is 1.26 bits per heavy atom. The zero-order valence-electron chi connectivity index (χ0n) is 20.7. The molecule has 0 aliphatic heterocycles. The number of carbonyl (C=O) groups excluding carboxylic acids is 2. The molecule has 0 unspecified atom stereocenters. The lowest BCUT2D eigenvalue weighted by molar-refractivity contribution is -0.123. The van der Waals surface area contributed by atoms with Crippen LogP contribution in [0.1, 0.15) is 39.5 Å². The summed E-state index contributed by atoms with van der Waals surface area (Å²) in [5.41, 5.74) is -1.20. The third-order valence-corrected chi connectivity index (χ3v) is 3.97. The summed E-state index contributed by atoms with van der Waals surface area (Å²) in [6.45, 7) is 2.34. The lowest BCUT2D eigenvalue weighted by Crippen LogP contribution is -2.28. The van der Waals surface area contributed by atoms with Gasteiger partial charge >= 0.3 is 0 Å². The number of thioether (sulfide) groups is 1. The van der Waals surface area contributed by atoms with Crippen molar-refractivity contribution >= 4 is 52.5 Å². The van der Waals surface area contributed by atoms with E-state index in [1.807, 2.05) is 0 Å². The number of hydrogen-bond donors (Lipinski definition) is 3. The first-order chi connectivity index (χ1) is 14.9. The molecule has 2 rings (SSSR count). The summed E-state index contributed by atoms with van der Waals surface area (Å²) >= 11 is 6.40. The van der Waals surface area contributed by atoms with E-state index in [2.05, 4.69) is 25.8 Å². The first kappa shape index (κ1) is 13.7. The molecule has 2 aromatic rings. The molecule has 8 nitrogen and oxygen atoms in total. The maximum absolute atomic E-state index is 12.4. The van der Waals surface area contributed by atoms with Gasteiger partial charge in [-0.1, -0.05) is 32.4 Å². The van der Waals surface area contributed by atoms with Gasteiger partial charge in [0.05, 0.1) is 5.69 Å². The van der Waals surface area contributed by atoms with Crippen molar-refractivity contribution in [1.29, 1.82) is 0 Å². The zero-order valence-corrected chi connectivity index (χ0v) is 16.2. The maximum Gasteiger partial charge on any atom is 0.273 e. The van der Waals surface area contributed by atoms with Crippen LogP contribution in [0.4, 0.5) is 17.3 Å². The topological polar surface area (TPSA) is 109 Å². The normalized spacial score (nSPS) is 15.3. The summed E-state index contributed by atoms with van der Waals surface area (Å²) in [4.78, 5) is 29.1. The largest absolute Gasteiger partial charge is 0.354 e. The molecule has 2 heterocycles. The predicted molar refractivity (Wildman–Crippen MR) is 108 cm³/mol. The van der Waals surface area contributed by atoms with Crippen LogP contribution in [0.15, 0.2) is 23.1 Å². The first-order valence-corrected chi connectivity index (χ1v) is 8.78. The summed E-state index contributed by atoms with van der Waals surface area (Å²) in [5, 5.41) is 14.3. The van der Waals surface area contributed by atoms with Crippen LogP contribution in [0, 0.1) is 5.41 Å². The van der Waals surface area contributed by atoms with E-state index in [9.17, 15) is 9.59 Å². The molecule has 144 valence electrons. The Labute approximate surface area is 175 Å². The summed E-state index contributed by atoms with van der Waals surface area (Å²) in [6, 6.07) is 4.07. The Kier molecular flexibility index (Phi) is 4.34. The third kappa shape index (κ3) is 5.30. The van der Waals surface area contributed by atoms with Gasteiger partial charge in [0.2, 0.25) is 5.91 Å². The summed E-state index contributed by atoms with van der Waals surface area (Å²) < 4.78 is 44.2. The molecule has 0 aliphatic rings. The van der Waals surface area contributed by atoms with Gasteiger partial charge in [-0.15, -0.1) is 22.0 Å². The van der Waals surface area contributed by atoms with Crippen molar-refractivity contribution in [2.24, 2.45) is 5.41 Å². The molecule has 0 spiro atoms. The average molecular weight is 415 g/mol. The minimum atomic E-state index is -2.78. The summed E-state index contributed by atoms with van der Waals surface area (Å²) in [7, 11) is 0. The van der Waals surface area contributed by atoms with Crippen molar-refractivity contribution in [2.75, 3.05) is 23.8 Å². The smallest absolute Gasteiger partial charge is 0.273 e. The van der Waals surface area contributed by atoms with Gasteiger partial charge in [-0.3, -0.25) is 9.59 Å². The lowest BCUT2D eigenvalue weighted by Gasteiger charge is -2.18. The van der Waals surface area contributed by atoms with Gasteiger partial charge in [-0.2, -0.15) is 0 Å². The quantitative estimate of drug-likeness (QED) is 0.643. The van der Waals surface area contributed by atoms with Crippen LogP contribution in [-0.4, -0.2) is 40.2 Å². The van der Waals surface area contributed by atoms with E-state index in [-0.39, 0.29) is 33.3 Å². The Bertz CT molecular complexity index is 1060. The van der Waals surface area contributed by atoms with E-state index in [1.54, 1.807) is 26.1 Å². The fourth-order valence-electron chi connectivity index (χ4n) is 1.81. The van der Waals surface area contributed by atoms with Crippen LogP contribution in [0.5, 0.6) is 0 Å². The van der Waals surface area contributed by atoms with Gasteiger partial charge in [0.1, 0.15) is 11.6 Å². The van der Waals surface area contributed by atoms with E-state index < -0.39 is 30.2 Å². The van der Waals surface area contributed by atoms with E-state index in [0.717, 1.165) is 0 Å². The molecule has 0 fully saturated rings. The van der Waals surface area contributed by atoms with Crippen LogP contribution in [0.25, 0.3) is 0 Å². The number of carbonyl (C=O) groups is 2. The molecule has 0 aliphatic carbocycles. The molecule has 0 bridgehead atoms. The van der Waals surface area contributed by atoms with E-state index in [4.69, 9.17) is 19.8 Å². The van der Waals surface area contributed by atoms with Crippen LogP contribution < -0.4 is 16.0 Å². The number of anilines is 3. The van der Waals surface area contributed by atoms with Crippen molar-refractivity contribution < 1.29 is 17.8 Å². The number of pyridine rings is 1. The highest BCUT2D eigenvalue weighted by Crippen LogP contribution is 2.30. The number of rotatable bonds is 5. The van der Waals surface area contributed by atoms with Gasteiger partial charge in [-0.05, 0) is 18.3 Å². The van der Waals surface area contributed by atoms with Crippen LogP contribution in [0.2, 0.25) is 5.15 Å². The molecule has 27 heavy (non-hydrogen) atoms. The van der Waals surface area contributed by atoms with Crippen molar-refractivity contribution in [1.82, 2.24) is 20.5 Å². The molecule has 2 aromatic heterocycles. The molecule has 2 amide bonds. The number of nitrogens with zero attached hydrogens (tertiary/aromatic N) is 3. The van der Waals surface area contributed by atoms with Crippen molar-refractivity contribution in [3.8, 4) is 0 Å². The number of aromatic nitrogens is 3. The fraction of sp³-hybridized carbons (Fsp3) is 0.353. The van der Waals surface area contributed by atoms with Gasteiger partial charge < -0.3 is 16.0 Å². The third-order valence-electron chi connectivity index (χ3n) is 3.24. The Balaban J connectivity index is 2.51. The number of amides is 2. The molecule has 0 atom stereocenters. The molecule has 0 saturated carbocycles. The van der Waals surface area contributed by atoms with Crippen LogP contribution in [0.3, 0.4) is 0 Å². The first-order valence-electron chi connectivity index (χ1n) is 10.6. The SMILES string of the molecule is [2H]C([2H])([2H])NC(=O)c1nnc(Cl)cc1Nc1nc(NC(=O)C(C)(C)C)ccc1SC([2H])([2H])[2H]. The minimum absolute atomic E-state index is 0.0326. The molecule has 0 saturated heterocycles. The zero-order chi connectivity index (χ0) is 25.2. The van der Waals surface area contributed by atoms with E-state index in [1.165, 1.54) is 18.2 Å². The van der Waals surface area contributed by atoms with Gasteiger partial charge in [-0.25, -0.2) is 4.98 Å². The fourth-order valence-corrected chi connectivity index (χ4v) is 2.29. The number of halogens is 1. The monoisotopic (exact) mass is 414 g/mol.